The van der Waals surface area contributed by atoms with Gasteiger partial charge in [-0.15, -0.1) is 0 Å². The molecule has 0 atom stereocenters. The Kier molecular flexibility index (Phi) is 5.21. The Bertz CT molecular complexity index is 1040. The molecule has 0 saturated carbocycles. The second kappa shape index (κ2) is 7.78. The molecular formula is C23H19Cl2N3. The molecular weight excluding hydrogens is 389 g/mol. The molecule has 28 heavy (non-hydrogen) atoms. The first-order chi connectivity index (χ1) is 13.5. The fourth-order valence-electron chi connectivity index (χ4n) is 3.16. The summed E-state index contributed by atoms with van der Waals surface area (Å²) in [6.45, 7) is 0. The molecule has 4 rings (SSSR count). The predicted molar refractivity (Wildman–Crippen MR) is 120 cm³/mol. The van der Waals surface area contributed by atoms with Crippen LogP contribution in [0.1, 0.15) is 17.5 Å². The van der Waals surface area contributed by atoms with Crippen molar-refractivity contribution in [2.75, 3.05) is 19.0 Å². The lowest BCUT2D eigenvalue weighted by molar-refractivity contribution is 1.13. The quantitative estimate of drug-likeness (QED) is 0.621. The van der Waals surface area contributed by atoms with Crippen LogP contribution in [-0.4, -0.2) is 25.5 Å². The van der Waals surface area contributed by atoms with E-state index in [4.69, 9.17) is 33.2 Å². The number of anilines is 1. The van der Waals surface area contributed by atoms with E-state index < -0.39 is 0 Å². The molecule has 0 saturated heterocycles. The highest BCUT2D eigenvalue weighted by atomic mass is 35.5. The lowest BCUT2D eigenvalue weighted by Crippen LogP contribution is -2.14. The monoisotopic (exact) mass is 407 g/mol. The summed E-state index contributed by atoms with van der Waals surface area (Å²) < 4.78 is 0. The number of allylic oxidation sites excluding steroid dienone is 5. The zero-order valence-electron chi connectivity index (χ0n) is 15.7. The first-order valence-electron chi connectivity index (χ1n) is 8.98. The average Bonchev–Trinajstić information content (AvgIpc) is 3.13. The van der Waals surface area contributed by atoms with E-state index in [-0.39, 0.29) is 0 Å². The number of halogens is 2. The van der Waals surface area contributed by atoms with E-state index >= 15 is 0 Å². The highest BCUT2D eigenvalue weighted by molar-refractivity contribution is 6.55. The summed E-state index contributed by atoms with van der Waals surface area (Å²) >= 11 is 12.5. The maximum atomic E-state index is 6.24. The standard InChI is InChI=1S/C23H19Cl2N3/c1-28(2)20-10-8-16(9-11-20)22-21(15-6-4-3-5-7-15)26-23(27-22)17-12-18(24)14-19(25)13-17/h3-13H,14H2,1-2H3. The highest BCUT2D eigenvalue weighted by Gasteiger charge is 2.23. The Labute approximate surface area is 175 Å². The van der Waals surface area contributed by atoms with E-state index in [0.717, 1.165) is 33.8 Å². The molecule has 1 aliphatic heterocycles. The van der Waals surface area contributed by atoms with E-state index in [2.05, 4.69) is 29.2 Å². The van der Waals surface area contributed by atoms with Crippen LogP contribution in [0.25, 0.3) is 0 Å². The van der Waals surface area contributed by atoms with Crippen LogP contribution < -0.4 is 4.90 Å². The van der Waals surface area contributed by atoms with Crippen molar-refractivity contribution in [2.24, 2.45) is 9.98 Å². The van der Waals surface area contributed by atoms with Crippen LogP contribution in [0, 0.1) is 0 Å². The van der Waals surface area contributed by atoms with Gasteiger partial charge in [-0.05, 0) is 24.3 Å². The van der Waals surface area contributed by atoms with E-state index in [1.165, 1.54) is 0 Å². The summed E-state index contributed by atoms with van der Waals surface area (Å²) in [5.41, 5.74) is 5.70. The number of benzene rings is 2. The number of rotatable bonds is 3. The van der Waals surface area contributed by atoms with Gasteiger partial charge in [0.1, 0.15) is 0 Å². The Hall–Kier alpha value is -2.62. The third-order valence-corrected chi connectivity index (χ3v) is 5.07. The lowest BCUT2D eigenvalue weighted by atomic mass is 10.00. The number of nitrogens with zero attached hydrogens (tertiary/aromatic N) is 3. The summed E-state index contributed by atoms with van der Waals surface area (Å²) in [5, 5.41) is 1.37. The summed E-state index contributed by atoms with van der Waals surface area (Å²) in [4.78, 5) is 11.8. The average molecular weight is 408 g/mol. The Morgan fingerprint density at radius 3 is 1.82 bits per heavy atom. The van der Waals surface area contributed by atoms with Crippen molar-refractivity contribution in [3.8, 4) is 0 Å². The molecule has 0 radical (unpaired) electrons. The second-order valence-electron chi connectivity index (χ2n) is 6.87. The second-order valence-corrected chi connectivity index (χ2v) is 7.84. The van der Waals surface area contributed by atoms with Crippen molar-refractivity contribution < 1.29 is 0 Å². The summed E-state index contributed by atoms with van der Waals surface area (Å²) in [5.74, 6) is 0.626. The molecule has 140 valence electrons. The molecule has 1 heterocycles. The first kappa shape index (κ1) is 18.7. The van der Waals surface area contributed by atoms with Crippen molar-refractivity contribution in [3.05, 3.63) is 99.3 Å². The molecule has 1 aliphatic carbocycles. The molecule has 0 amide bonds. The van der Waals surface area contributed by atoms with Gasteiger partial charge in [0, 0.05) is 53.0 Å². The van der Waals surface area contributed by atoms with Gasteiger partial charge < -0.3 is 4.90 Å². The number of aliphatic imine (C=N–C) groups is 2. The smallest absolute Gasteiger partial charge is 0.160 e. The minimum atomic E-state index is 0.553. The Balaban J connectivity index is 1.85. The normalized spacial score (nSPS) is 16.4. The van der Waals surface area contributed by atoms with E-state index in [9.17, 15) is 0 Å². The Morgan fingerprint density at radius 1 is 0.750 bits per heavy atom. The summed E-state index contributed by atoms with van der Waals surface area (Å²) in [6.07, 6.45) is 4.32. The molecule has 2 aromatic carbocycles. The minimum absolute atomic E-state index is 0.553. The molecule has 0 aromatic heterocycles. The first-order valence-corrected chi connectivity index (χ1v) is 9.74. The topological polar surface area (TPSA) is 28.0 Å². The fraction of sp³-hybridized carbons (Fsp3) is 0.130. The van der Waals surface area contributed by atoms with Crippen LogP contribution in [-0.2, 0) is 0 Å². The molecule has 0 fully saturated rings. The maximum absolute atomic E-state index is 6.24. The van der Waals surface area contributed by atoms with Crippen molar-refractivity contribution in [1.82, 2.24) is 0 Å². The molecule has 2 aromatic rings. The molecule has 0 spiro atoms. The van der Waals surface area contributed by atoms with Crippen molar-refractivity contribution >= 4 is 40.3 Å². The SMILES string of the molecule is CN(C)c1ccc(C2=NC(=C3C=C(Cl)CC(Cl)=C3)N=C2c2ccccc2)cc1. The van der Waals surface area contributed by atoms with Gasteiger partial charge in [-0.1, -0.05) is 65.7 Å². The predicted octanol–water partition coefficient (Wildman–Crippen LogP) is 5.91. The number of hydrogen-bond acceptors (Lipinski definition) is 3. The number of hydrogen-bond donors (Lipinski definition) is 0. The van der Waals surface area contributed by atoms with Crippen molar-refractivity contribution in [2.45, 2.75) is 6.42 Å². The van der Waals surface area contributed by atoms with Gasteiger partial charge in [-0.25, -0.2) is 9.98 Å². The molecule has 0 unspecified atom stereocenters. The van der Waals surface area contributed by atoms with E-state index in [1.54, 1.807) is 0 Å². The Morgan fingerprint density at radius 2 is 1.29 bits per heavy atom. The van der Waals surface area contributed by atoms with E-state index in [1.807, 2.05) is 56.6 Å². The van der Waals surface area contributed by atoms with Crippen LogP contribution in [0.3, 0.4) is 0 Å². The minimum Gasteiger partial charge on any atom is -0.378 e. The van der Waals surface area contributed by atoms with Gasteiger partial charge in [0.05, 0.1) is 11.4 Å². The summed E-state index contributed by atoms with van der Waals surface area (Å²) in [6, 6.07) is 18.4. The molecule has 0 bridgehead atoms. The van der Waals surface area contributed by atoms with Crippen LogP contribution in [0.2, 0.25) is 0 Å². The van der Waals surface area contributed by atoms with Gasteiger partial charge in [-0.2, -0.15) is 0 Å². The van der Waals surface area contributed by atoms with Crippen molar-refractivity contribution in [1.29, 1.82) is 0 Å². The van der Waals surface area contributed by atoms with Crippen LogP contribution in [0.5, 0.6) is 0 Å². The van der Waals surface area contributed by atoms with Crippen LogP contribution in [0.15, 0.2) is 98.2 Å². The van der Waals surface area contributed by atoms with Gasteiger partial charge in [0.15, 0.2) is 5.82 Å². The molecule has 3 nitrogen and oxygen atoms in total. The van der Waals surface area contributed by atoms with Gasteiger partial charge in [0.25, 0.3) is 0 Å². The fourth-order valence-corrected chi connectivity index (χ4v) is 3.75. The third kappa shape index (κ3) is 3.82. The molecule has 2 aliphatic rings. The highest BCUT2D eigenvalue weighted by Crippen LogP contribution is 2.31. The zero-order chi connectivity index (χ0) is 19.7. The van der Waals surface area contributed by atoms with Crippen LogP contribution >= 0.6 is 23.2 Å². The third-order valence-electron chi connectivity index (χ3n) is 4.58. The summed E-state index contributed by atoms with van der Waals surface area (Å²) in [7, 11) is 4.05. The van der Waals surface area contributed by atoms with Gasteiger partial charge in [0.2, 0.25) is 0 Å². The van der Waals surface area contributed by atoms with Gasteiger partial charge >= 0.3 is 0 Å². The van der Waals surface area contributed by atoms with Gasteiger partial charge in [-0.3, -0.25) is 0 Å². The van der Waals surface area contributed by atoms with E-state index in [0.29, 0.717) is 22.3 Å². The molecule has 5 heteroatoms. The molecule has 0 N–H and O–H groups in total. The van der Waals surface area contributed by atoms with Crippen LogP contribution in [0.4, 0.5) is 5.69 Å². The largest absolute Gasteiger partial charge is 0.378 e. The lowest BCUT2D eigenvalue weighted by Gasteiger charge is -2.13. The zero-order valence-corrected chi connectivity index (χ0v) is 17.2. The maximum Gasteiger partial charge on any atom is 0.160 e. The van der Waals surface area contributed by atoms with Crippen molar-refractivity contribution in [3.63, 3.8) is 0 Å².